The Bertz CT molecular complexity index is 1370. The van der Waals surface area contributed by atoms with Gasteiger partial charge >= 0.3 is 5.97 Å². The molecule has 0 spiro atoms. The van der Waals surface area contributed by atoms with E-state index in [-0.39, 0.29) is 29.3 Å². The van der Waals surface area contributed by atoms with E-state index in [9.17, 15) is 14.4 Å². The van der Waals surface area contributed by atoms with Crippen LogP contribution >= 0.6 is 11.6 Å². The number of Topliss-reactive ketones (excluding diaryl/α,β-unsaturated/α-hetero) is 1. The van der Waals surface area contributed by atoms with Gasteiger partial charge in [0.05, 0.1) is 18.1 Å². The van der Waals surface area contributed by atoms with E-state index in [0.29, 0.717) is 17.6 Å². The molecule has 0 aromatic rings. The van der Waals surface area contributed by atoms with Gasteiger partial charge in [-0.05, 0) is 243 Å². The van der Waals surface area contributed by atoms with Gasteiger partial charge in [0.15, 0.2) is 0 Å². The molecule has 424 valence electrons. The van der Waals surface area contributed by atoms with E-state index < -0.39 is 5.97 Å². The third kappa shape index (κ3) is 24.7. The highest BCUT2D eigenvalue weighted by Gasteiger charge is 2.34. The van der Waals surface area contributed by atoms with Crippen molar-refractivity contribution in [2.24, 2.45) is 94.7 Å². The Kier molecular flexibility index (Phi) is 29.4. The lowest BCUT2D eigenvalue weighted by molar-refractivity contribution is -0.143. The molecule has 0 aliphatic heterocycles. The van der Waals surface area contributed by atoms with Gasteiger partial charge in [-0.2, -0.15) is 0 Å². The first-order chi connectivity index (χ1) is 35.0. The zero-order chi connectivity index (χ0) is 52.7. The molecular weight excluding hydrogens is 924 g/mol. The second kappa shape index (κ2) is 34.1. The fraction of sp³-hybridized carbons (Fsp3) is 0.955. The standard InChI is InChI=1S/C22H38O.C15H25ClO.C15H26O2.2C7H14O/c1-16-3-7-18(8-4-16)15-19-9-13-21(14-10-19)22(23)20-11-5-17(2)6-12-20;2*1-11-2-4-12(5-3-11)10-13-6-8-14(9-7-13)15(16)17;2*1-6-2-4-7(8)5-3-6/h16-21H,3-15H2,1-2H3;11-14H,2-10H2,1H3;11-14H,2-10H2,1H3,(H,16,17);2*6-8H,2-5H2,1H3. The molecule has 0 amide bonds. The first kappa shape index (κ1) is 62.9. The van der Waals surface area contributed by atoms with Gasteiger partial charge < -0.3 is 15.3 Å². The van der Waals surface area contributed by atoms with Gasteiger partial charge in [0.1, 0.15) is 5.78 Å². The zero-order valence-electron chi connectivity index (χ0n) is 48.4. The Hall–Kier alpha value is -0.980. The van der Waals surface area contributed by atoms with Crippen molar-refractivity contribution in [3.63, 3.8) is 0 Å². The Morgan fingerprint density at radius 3 is 0.726 bits per heavy atom. The third-order valence-corrected chi connectivity index (χ3v) is 21.7. The highest BCUT2D eigenvalue weighted by molar-refractivity contribution is 6.63. The van der Waals surface area contributed by atoms with Crippen molar-refractivity contribution in [2.45, 2.75) is 304 Å². The lowest BCUT2D eigenvalue weighted by Crippen LogP contribution is -2.30. The monoisotopic (exact) mass is 1040 g/mol. The lowest BCUT2D eigenvalue weighted by atomic mass is 9.70. The van der Waals surface area contributed by atoms with Crippen LogP contribution in [-0.2, 0) is 14.4 Å². The van der Waals surface area contributed by atoms with Crippen molar-refractivity contribution >= 4 is 28.6 Å². The number of carbonyl (C=O) groups is 3. The molecule has 0 bridgehead atoms. The van der Waals surface area contributed by atoms with Gasteiger partial charge in [-0.25, -0.2) is 0 Å². The van der Waals surface area contributed by atoms with Crippen molar-refractivity contribution in [3.05, 3.63) is 0 Å². The predicted octanol–water partition coefficient (Wildman–Crippen LogP) is 18.4. The van der Waals surface area contributed by atoms with Crippen LogP contribution < -0.4 is 0 Å². The van der Waals surface area contributed by atoms with Crippen LogP contribution in [0.25, 0.3) is 0 Å². The minimum atomic E-state index is -0.574. The smallest absolute Gasteiger partial charge is 0.306 e. The summed E-state index contributed by atoms with van der Waals surface area (Å²) < 4.78 is 0. The fourth-order valence-corrected chi connectivity index (χ4v) is 15.6. The molecule has 0 aromatic carbocycles. The Morgan fingerprint density at radius 2 is 0.493 bits per heavy atom. The van der Waals surface area contributed by atoms with Crippen molar-refractivity contribution in [2.75, 3.05) is 0 Å². The molecule has 0 atom stereocenters. The molecule has 9 saturated carbocycles. The van der Waals surface area contributed by atoms with Crippen molar-refractivity contribution in [1.82, 2.24) is 0 Å². The quantitative estimate of drug-likeness (QED) is 0.188. The molecule has 9 aliphatic carbocycles. The highest BCUT2D eigenvalue weighted by atomic mass is 35.5. The summed E-state index contributed by atoms with van der Waals surface area (Å²) >= 11 is 5.57. The van der Waals surface area contributed by atoms with Crippen LogP contribution in [0.2, 0.25) is 0 Å². The normalized spacial score (nSPS) is 40.2. The van der Waals surface area contributed by atoms with E-state index in [4.69, 9.17) is 26.9 Å². The predicted molar refractivity (Wildman–Crippen MR) is 305 cm³/mol. The van der Waals surface area contributed by atoms with E-state index in [1.54, 1.807) is 0 Å². The number of hydrogen-bond donors (Lipinski definition) is 3. The molecule has 0 radical (unpaired) electrons. The highest BCUT2D eigenvalue weighted by Crippen LogP contribution is 2.43. The second-order valence-electron chi connectivity index (χ2n) is 28.1. The summed E-state index contributed by atoms with van der Waals surface area (Å²) in [5.74, 6) is 12.0. The topological polar surface area (TPSA) is 112 Å². The summed E-state index contributed by atoms with van der Waals surface area (Å²) in [7, 11) is 0. The number of carboxylic acids is 1. The van der Waals surface area contributed by atoms with E-state index in [1.165, 1.54) is 186 Å². The van der Waals surface area contributed by atoms with Crippen LogP contribution in [0.15, 0.2) is 0 Å². The van der Waals surface area contributed by atoms with E-state index in [2.05, 4.69) is 41.5 Å². The van der Waals surface area contributed by atoms with Gasteiger partial charge in [0.25, 0.3) is 0 Å². The number of carbonyl (C=O) groups excluding carboxylic acids is 2. The Morgan fingerprint density at radius 1 is 0.301 bits per heavy atom. The molecule has 0 unspecified atom stereocenters. The number of aliphatic hydroxyl groups excluding tert-OH is 2. The number of carboxylic acid groups (broad SMARTS) is 1. The molecule has 6 nitrogen and oxygen atoms in total. The van der Waals surface area contributed by atoms with Crippen molar-refractivity contribution < 1.29 is 29.7 Å². The SMILES string of the molecule is CC1CCC(CC2CCC(C(=O)C3CCC(C)CC3)CC2)CC1.CC1CCC(CC2CCC(C(=O)Cl)CC2)CC1.CC1CCC(CC2CCC(C(=O)O)CC2)CC1.CC1CCC(O)CC1.CC1CCC(O)CC1. The summed E-state index contributed by atoms with van der Waals surface area (Å²) in [6.45, 7) is 14.0. The first-order valence-electron chi connectivity index (χ1n) is 32.3. The first-order valence-corrected chi connectivity index (χ1v) is 32.7. The van der Waals surface area contributed by atoms with Crippen molar-refractivity contribution in [1.29, 1.82) is 0 Å². The van der Waals surface area contributed by atoms with Crippen LogP contribution in [0.3, 0.4) is 0 Å². The number of aliphatic hydroxyl groups is 2. The van der Waals surface area contributed by atoms with E-state index in [1.807, 2.05) is 0 Å². The molecule has 9 aliphatic rings. The summed E-state index contributed by atoms with van der Waals surface area (Å²) in [5, 5.41) is 26.9. The van der Waals surface area contributed by atoms with Crippen LogP contribution in [-0.4, -0.2) is 44.5 Å². The maximum absolute atomic E-state index is 12.8. The summed E-state index contributed by atoms with van der Waals surface area (Å²) in [4.78, 5) is 34.8. The van der Waals surface area contributed by atoms with Crippen LogP contribution in [0, 0.1) is 94.7 Å². The average molecular weight is 1040 g/mol. The molecule has 0 aromatic heterocycles. The van der Waals surface area contributed by atoms with E-state index >= 15 is 0 Å². The number of aliphatic carboxylic acids is 1. The van der Waals surface area contributed by atoms with Gasteiger partial charge in [-0.3, -0.25) is 14.4 Å². The molecule has 9 fully saturated rings. The Labute approximate surface area is 455 Å². The number of halogens is 1. The summed E-state index contributed by atoms with van der Waals surface area (Å²) in [6, 6.07) is 0. The average Bonchev–Trinajstić information content (AvgIpc) is 3.39. The van der Waals surface area contributed by atoms with Gasteiger partial charge in [-0.15, -0.1) is 0 Å². The lowest BCUT2D eigenvalue weighted by Gasteiger charge is -2.35. The van der Waals surface area contributed by atoms with Gasteiger partial charge in [0.2, 0.25) is 5.24 Å². The molecule has 3 N–H and O–H groups in total. The Balaban J connectivity index is 0.000000178. The summed E-state index contributed by atoms with van der Waals surface area (Å²) in [5.41, 5.74) is 0. The second-order valence-corrected chi connectivity index (χ2v) is 28.4. The maximum Gasteiger partial charge on any atom is 0.306 e. The molecule has 7 heteroatoms. The van der Waals surface area contributed by atoms with Gasteiger partial charge in [0, 0.05) is 17.8 Å². The molecule has 73 heavy (non-hydrogen) atoms. The molecule has 0 saturated heterocycles. The molecular formula is C66H117ClO6. The number of rotatable bonds is 10. The summed E-state index contributed by atoms with van der Waals surface area (Å²) in [6.07, 6.45) is 49.3. The molecule has 9 rings (SSSR count). The minimum Gasteiger partial charge on any atom is -0.481 e. The van der Waals surface area contributed by atoms with Crippen molar-refractivity contribution in [3.8, 4) is 0 Å². The largest absolute Gasteiger partial charge is 0.481 e. The number of hydrogen-bond acceptors (Lipinski definition) is 5. The van der Waals surface area contributed by atoms with Crippen LogP contribution in [0.1, 0.15) is 292 Å². The minimum absolute atomic E-state index is 0.0196. The number of ketones is 1. The van der Waals surface area contributed by atoms with Crippen LogP contribution in [0.5, 0.6) is 0 Å². The molecule has 0 heterocycles. The van der Waals surface area contributed by atoms with E-state index in [0.717, 1.165) is 135 Å². The van der Waals surface area contributed by atoms with Crippen LogP contribution in [0.4, 0.5) is 0 Å². The zero-order valence-corrected chi connectivity index (χ0v) is 49.2. The third-order valence-electron chi connectivity index (χ3n) is 21.4. The maximum atomic E-state index is 12.8. The fourth-order valence-electron chi connectivity index (χ4n) is 15.4. The van der Waals surface area contributed by atoms with Gasteiger partial charge in [-0.1, -0.05) is 131 Å².